The van der Waals surface area contributed by atoms with E-state index in [1.165, 1.54) is 41.9 Å². The molecule has 0 aliphatic carbocycles. The van der Waals surface area contributed by atoms with Gasteiger partial charge in [0.25, 0.3) is 0 Å². The van der Waals surface area contributed by atoms with E-state index in [4.69, 9.17) is 0 Å². The van der Waals surface area contributed by atoms with Crippen molar-refractivity contribution >= 4 is 17.7 Å². The molecule has 0 bridgehead atoms. The number of rotatable bonds is 18. The Morgan fingerprint density at radius 3 is 1.59 bits per heavy atom. The van der Waals surface area contributed by atoms with Crippen molar-refractivity contribution in [2.45, 2.75) is 88.9 Å². The molecule has 188 valence electrons. The van der Waals surface area contributed by atoms with Crippen molar-refractivity contribution in [2.24, 2.45) is 0 Å². The highest BCUT2D eigenvalue weighted by Crippen LogP contribution is 2.36. The minimum atomic E-state index is -0.711. The zero-order valence-corrected chi connectivity index (χ0v) is 22.0. The van der Waals surface area contributed by atoms with Crippen molar-refractivity contribution in [3.63, 3.8) is 0 Å². The second kappa shape index (κ2) is 15.3. The Kier molecular flexibility index (Phi) is 12.8. The van der Waals surface area contributed by atoms with Crippen LogP contribution in [0.2, 0.25) is 0 Å². The number of aliphatic hydroxyl groups excluding tert-OH is 1. The zero-order chi connectivity index (χ0) is 24.7. The summed E-state index contributed by atoms with van der Waals surface area (Å²) in [7, 11) is 0. The molecule has 2 aromatic rings. The molecule has 4 heteroatoms. The van der Waals surface area contributed by atoms with E-state index in [2.05, 4.69) is 68.4 Å². The average Bonchev–Trinajstić information content (AvgIpc) is 2.86. The molecular weight excluding hydrogens is 440 g/mol. The molecule has 2 rings (SSSR count). The van der Waals surface area contributed by atoms with Crippen molar-refractivity contribution < 1.29 is 15.0 Å². The number of hydrogen-bond acceptors (Lipinski definition) is 3. The first kappa shape index (κ1) is 28.5. The van der Waals surface area contributed by atoms with Gasteiger partial charge in [-0.3, -0.25) is 4.79 Å². The molecule has 0 spiro atoms. The Morgan fingerprint density at radius 1 is 0.706 bits per heavy atom. The summed E-state index contributed by atoms with van der Waals surface area (Å²) in [5, 5.41) is 18.5. The summed E-state index contributed by atoms with van der Waals surface area (Å²) in [6.07, 6.45) is 9.75. The standard InChI is InChI=1S/C30H44O3S/c1-29(21-13-23-31,26-14-5-3-6-15-26)19-9-11-24-34-25-12-10-20-30(2,22-18-28(32)33)27-16-7-4-8-17-27/h3-8,14-17,31H,9-13,18-25H2,1-2H3,(H,32,33). The van der Waals surface area contributed by atoms with Gasteiger partial charge in [0.1, 0.15) is 0 Å². The Hall–Kier alpha value is -1.78. The van der Waals surface area contributed by atoms with Crippen LogP contribution in [0.3, 0.4) is 0 Å². The first-order valence-corrected chi connectivity index (χ1v) is 14.1. The fourth-order valence-electron chi connectivity index (χ4n) is 4.90. The summed E-state index contributed by atoms with van der Waals surface area (Å²) >= 11 is 2.05. The normalized spacial score (nSPS) is 14.9. The predicted octanol–water partition coefficient (Wildman–Crippen LogP) is 7.61. The van der Waals surface area contributed by atoms with Crippen LogP contribution >= 0.6 is 11.8 Å². The van der Waals surface area contributed by atoms with Crippen molar-refractivity contribution in [3.05, 3.63) is 71.8 Å². The maximum absolute atomic E-state index is 11.2. The molecule has 3 nitrogen and oxygen atoms in total. The molecule has 0 saturated carbocycles. The van der Waals surface area contributed by atoms with Gasteiger partial charge in [-0.2, -0.15) is 11.8 Å². The van der Waals surface area contributed by atoms with E-state index in [1.807, 2.05) is 17.8 Å². The summed E-state index contributed by atoms with van der Waals surface area (Å²) in [5.41, 5.74) is 2.72. The molecule has 2 N–H and O–H groups in total. The first-order valence-electron chi connectivity index (χ1n) is 12.9. The lowest BCUT2D eigenvalue weighted by Crippen LogP contribution is -2.23. The number of carboxylic acid groups (broad SMARTS) is 1. The summed E-state index contributed by atoms with van der Waals surface area (Å²) < 4.78 is 0. The third-order valence-corrected chi connectivity index (χ3v) is 8.41. The largest absolute Gasteiger partial charge is 0.481 e. The monoisotopic (exact) mass is 484 g/mol. The van der Waals surface area contributed by atoms with Crippen molar-refractivity contribution in [1.29, 1.82) is 0 Å². The molecule has 0 radical (unpaired) electrons. The maximum atomic E-state index is 11.2. The van der Waals surface area contributed by atoms with Crippen molar-refractivity contribution in [2.75, 3.05) is 18.1 Å². The summed E-state index contributed by atoms with van der Waals surface area (Å²) in [6, 6.07) is 21.2. The van der Waals surface area contributed by atoms with Gasteiger partial charge in [-0.15, -0.1) is 0 Å². The fraction of sp³-hybridized carbons (Fsp3) is 0.567. The van der Waals surface area contributed by atoms with Gasteiger partial charge in [-0.05, 0) is 78.4 Å². The zero-order valence-electron chi connectivity index (χ0n) is 21.2. The number of unbranched alkanes of at least 4 members (excludes halogenated alkanes) is 2. The van der Waals surface area contributed by atoms with Gasteiger partial charge < -0.3 is 10.2 Å². The number of carboxylic acids is 1. The van der Waals surface area contributed by atoms with Crippen LogP contribution in [0.15, 0.2) is 60.7 Å². The molecule has 0 aromatic heterocycles. The lowest BCUT2D eigenvalue weighted by molar-refractivity contribution is -0.137. The Bertz CT molecular complexity index is 810. The SMILES string of the molecule is CC(CCCO)(CCCCSCCCCC(C)(CCC(=O)O)c1ccccc1)c1ccccc1. The third-order valence-electron chi connectivity index (χ3n) is 7.25. The van der Waals surface area contributed by atoms with Gasteiger partial charge in [0.15, 0.2) is 0 Å². The number of benzene rings is 2. The summed E-state index contributed by atoms with van der Waals surface area (Å²) in [4.78, 5) is 11.2. The number of thioether (sulfide) groups is 1. The van der Waals surface area contributed by atoms with Crippen molar-refractivity contribution in [3.8, 4) is 0 Å². The predicted molar refractivity (Wildman–Crippen MR) is 146 cm³/mol. The Balaban J connectivity index is 1.68. The number of carbonyl (C=O) groups is 1. The topological polar surface area (TPSA) is 57.5 Å². The molecule has 2 atom stereocenters. The van der Waals surface area contributed by atoms with E-state index < -0.39 is 5.97 Å². The van der Waals surface area contributed by atoms with Crippen molar-refractivity contribution in [1.82, 2.24) is 0 Å². The molecule has 0 aliphatic rings. The molecule has 2 unspecified atom stereocenters. The molecule has 0 amide bonds. The van der Waals surface area contributed by atoms with Gasteiger partial charge in [0.05, 0.1) is 0 Å². The third kappa shape index (κ3) is 9.84. The fourth-order valence-corrected chi connectivity index (χ4v) is 5.92. The summed E-state index contributed by atoms with van der Waals surface area (Å²) in [6.45, 7) is 4.83. The Morgan fingerprint density at radius 2 is 1.15 bits per heavy atom. The van der Waals surface area contributed by atoms with E-state index in [-0.39, 0.29) is 23.9 Å². The molecule has 0 saturated heterocycles. The van der Waals surface area contributed by atoms with E-state index in [0.717, 1.165) is 32.1 Å². The van der Waals surface area contributed by atoms with E-state index in [1.54, 1.807) is 0 Å². The van der Waals surface area contributed by atoms with Crippen LogP contribution < -0.4 is 0 Å². The molecule has 0 heterocycles. The molecule has 0 aliphatic heterocycles. The maximum Gasteiger partial charge on any atom is 0.303 e. The van der Waals surface area contributed by atoms with Gasteiger partial charge >= 0.3 is 5.97 Å². The highest BCUT2D eigenvalue weighted by Gasteiger charge is 2.27. The lowest BCUT2D eigenvalue weighted by Gasteiger charge is -2.30. The van der Waals surface area contributed by atoms with Crippen LogP contribution in [-0.2, 0) is 15.6 Å². The van der Waals surface area contributed by atoms with Crippen LogP contribution in [0, 0.1) is 0 Å². The molecule has 0 fully saturated rings. The second-order valence-corrected chi connectivity index (χ2v) is 11.3. The lowest BCUT2D eigenvalue weighted by atomic mass is 9.75. The quantitative estimate of drug-likeness (QED) is 0.214. The van der Waals surface area contributed by atoms with Crippen LogP contribution in [0.25, 0.3) is 0 Å². The van der Waals surface area contributed by atoms with Gasteiger partial charge in [-0.25, -0.2) is 0 Å². The average molecular weight is 485 g/mol. The van der Waals surface area contributed by atoms with Gasteiger partial charge in [-0.1, -0.05) is 87.4 Å². The van der Waals surface area contributed by atoms with Crippen LogP contribution in [0.4, 0.5) is 0 Å². The molecule has 34 heavy (non-hydrogen) atoms. The Labute approximate surface area is 211 Å². The van der Waals surface area contributed by atoms with Gasteiger partial charge in [0, 0.05) is 13.0 Å². The minimum Gasteiger partial charge on any atom is -0.481 e. The van der Waals surface area contributed by atoms with Crippen LogP contribution in [-0.4, -0.2) is 34.3 Å². The number of hydrogen-bond donors (Lipinski definition) is 2. The molecule has 2 aromatic carbocycles. The minimum absolute atomic E-state index is 0.0687. The van der Waals surface area contributed by atoms with Crippen LogP contribution in [0.1, 0.15) is 89.2 Å². The first-order chi connectivity index (χ1) is 16.4. The van der Waals surface area contributed by atoms with E-state index in [9.17, 15) is 15.0 Å². The van der Waals surface area contributed by atoms with Gasteiger partial charge in [0.2, 0.25) is 0 Å². The number of aliphatic carboxylic acids is 1. The summed E-state index contributed by atoms with van der Waals surface area (Å²) in [5.74, 6) is 1.65. The molecular formula is C30H44O3S. The van der Waals surface area contributed by atoms with Crippen LogP contribution in [0.5, 0.6) is 0 Å². The van der Waals surface area contributed by atoms with E-state index >= 15 is 0 Å². The second-order valence-electron chi connectivity index (χ2n) is 10.1. The highest BCUT2D eigenvalue weighted by molar-refractivity contribution is 7.99. The smallest absolute Gasteiger partial charge is 0.303 e. The highest BCUT2D eigenvalue weighted by atomic mass is 32.2. The van der Waals surface area contributed by atoms with E-state index in [0.29, 0.717) is 6.42 Å². The number of aliphatic hydroxyl groups is 1.